The van der Waals surface area contributed by atoms with E-state index in [2.05, 4.69) is 4.90 Å². The zero-order valence-corrected chi connectivity index (χ0v) is 12.5. The lowest BCUT2D eigenvalue weighted by Crippen LogP contribution is -2.48. The maximum atomic E-state index is 12.9. The molecule has 1 fully saturated rings. The summed E-state index contributed by atoms with van der Waals surface area (Å²) in [5.41, 5.74) is 0.510. The smallest absolute Gasteiger partial charge is 0.303 e. The third-order valence-corrected chi connectivity index (χ3v) is 3.87. The highest BCUT2D eigenvalue weighted by atomic mass is 19.1. The predicted molar refractivity (Wildman–Crippen MR) is 80.2 cm³/mol. The van der Waals surface area contributed by atoms with Crippen LogP contribution in [-0.4, -0.2) is 59.5 Å². The lowest BCUT2D eigenvalue weighted by molar-refractivity contribution is -0.137. The third-order valence-electron chi connectivity index (χ3n) is 3.87. The van der Waals surface area contributed by atoms with Crippen LogP contribution in [0, 0.1) is 5.82 Å². The molecule has 0 aliphatic carbocycles. The van der Waals surface area contributed by atoms with Crippen molar-refractivity contribution in [3.63, 3.8) is 0 Å². The molecule has 0 bridgehead atoms. The summed E-state index contributed by atoms with van der Waals surface area (Å²) in [7, 11) is 0. The van der Waals surface area contributed by atoms with Gasteiger partial charge in [-0.05, 0) is 43.7 Å². The highest BCUT2D eigenvalue weighted by molar-refractivity contribution is 5.94. The number of piperazine rings is 1. The first-order chi connectivity index (χ1) is 10.6. The largest absolute Gasteiger partial charge is 0.481 e. The molecule has 0 aromatic heterocycles. The molecule has 1 amide bonds. The Kier molecular flexibility index (Phi) is 5.89. The highest BCUT2D eigenvalue weighted by Crippen LogP contribution is 2.10. The lowest BCUT2D eigenvalue weighted by Gasteiger charge is -2.34. The first kappa shape index (κ1) is 16.4. The van der Waals surface area contributed by atoms with Crippen molar-refractivity contribution < 1.29 is 19.1 Å². The fourth-order valence-electron chi connectivity index (χ4n) is 2.56. The van der Waals surface area contributed by atoms with E-state index in [4.69, 9.17) is 5.11 Å². The minimum absolute atomic E-state index is 0.0643. The van der Waals surface area contributed by atoms with Crippen LogP contribution in [0.15, 0.2) is 24.3 Å². The Balaban J connectivity index is 1.73. The number of halogens is 1. The Morgan fingerprint density at radius 3 is 2.27 bits per heavy atom. The summed E-state index contributed by atoms with van der Waals surface area (Å²) < 4.78 is 12.9. The van der Waals surface area contributed by atoms with Crippen molar-refractivity contribution in [2.75, 3.05) is 32.7 Å². The van der Waals surface area contributed by atoms with E-state index in [-0.39, 0.29) is 18.1 Å². The summed E-state index contributed by atoms with van der Waals surface area (Å²) in [6.07, 6.45) is 1.76. The Hall–Kier alpha value is -1.95. The number of carboxylic acid groups (broad SMARTS) is 1. The number of rotatable bonds is 6. The molecule has 6 heteroatoms. The number of benzene rings is 1. The molecule has 120 valence electrons. The van der Waals surface area contributed by atoms with E-state index in [0.29, 0.717) is 25.1 Å². The van der Waals surface area contributed by atoms with Gasteiger partial charge < -0.3 is 10.0 Å². The van der Waals surface area contributed by atoms with Crippen molar-refractivity contribution in [2.45, 2.75) is 19.3 Å². The quantitative estimate of drug-likeness (QED) is 0.815. The minimum Gasteiger partial charge on any atom is -0.481 e. The molecule has 0 saturated carbocycles. The number of amides is 1. The van der Waals surface area contributed by atoms with Crippen LogP contribution in [-0.2, 0) is 4.79 Å². The molecular formula is C16H21FN2O3. The molecule has 0 unspecified atom stereocenters. The highest BCUT2D eigenvalue weighted by Gasteiger charge is 2.21. The van der Waals surface area contributed by atoms with E-state index >= 15 is 0 Å². The molecule has 1 N–H and O–H groups in total. The van der Waals surface area contributed by atoms with E-state index in [1.165, 1.54) is 24.3 Å². The zero-order valence-electron chi connectivity index (χ0n) is 12.5. The van der Waals surface area contributed by atoms with Gasteiger partial charge in [-0.2, -0.15) is 0 Å². The summed E-state index contributed by atoms with van der Waals surface area (Å²) in [5, 5.41) is 8.59. The summed E-state index contributed by atoms with van der Waals surface area (Å²) in [4.78, 5) is 26.7. The fourth-order valence-corrected chi connectivity index (χ4v) is 2.56. The standard InChI is InChI=1S/C16H21FN2O3/c17-14-6-4-13(5-7-14)16(22)19-11-9-18(10-12-19)8-2-1-3-15(20)21/h4-7H,1-3,8-12H2,(H,20,21). The molecule has 1 aliphatic rings. The molecule has 1 heterocycles. The first-order valence-electron chi connectivity index (χ1n) is 7.55. The second-order valence-electron chi connectivity index (χ2n) is 5.49. The van der Waals surface area contributed by atoms with Gasteiger partial charge in [-0.1, -0.05) is 0 Å². The molecule has 2 rings (SSSR count). The predicted octanol–water partition coefficient (Wildman–Crippen LogP) is 1.84. The van der Waals surface area contributed by atoms with Crippen LogP contribution in [0.1, 0.15) is 29.6 Å². The normalized spacial score (nSPS) is 15.8. The van der Waals surface area contributed by atoms with Crippen LogP contribution >= 0.6 is 0 Å². The van der Waals surface area contributed by atoms with Gasteiger partial charge in [-0.15, -0.1) is 0 Å². The van der Waals surface area contributed by atoms with Crippen LogP contribution in [0.3, 0.4) is 0 Å². The molecule has 5 nitrogen and oxygen atoms in total. The van der Waals surface area contributed by atoms with Gasteiger partial charge in [-0.3, -0.25) is 14.5 Å². The zero-order chi connectivity index (χ0) is 15.9. The molecule has 0 spiro atoms. The van der Waals surface area contributed by atoms with Crippen molar-refractivity contribution in [1.82, 2.24) is 9.80 Å². The Morgan fingerprint density at radius 1 is 1.05 bits per heavy atom. The summed E-state index contributed by atoms with van der Waals surface area (Å²) in [6.45, 7) is 3.75. The van der Waals surface area contributed by atoms with Gasteiger partial charge in [-0.25, -0.2) is 4.39 Å². The number of nitrogens with zero attached hydrogens (tertiary/aromatic N) is 2. The Labute approximate surface area is 129 Å². The second-order valence-corrected chi connectivity index (χ2v) is 5.49. The Bertz CT molecular complexity index is 511. The number of hydrogen-bond acceptors (Lipinski definition) is 3. The van der Waals surface area contributed by atoms with Crippen molar-refractivity contribution in [3.05, 3.63) is 35.6 Å². The molecule has 0 atom stereocenters. The molecule has 1 aliphatic heterocycles. The van der Waals surface area contributed by atoms with Crippen LogP contribution in [0.2, 0.25) is 0 Å². The maximum Gasteiger partial charge on any atom is 0.303 e. The van der Waals surface area contributed by atoms with E-state index in [9.17, 15) is 14.0 Å². The van der Waals surface area contributed by atoms with Crippen LogP contribution in [0.5, 0.6) is 0 Å². The van der Waals surface area contributed by atoms with Gasteiger partial charge in [0.15, 0.2) is 0 Å². The molecule has 0 radical (unpaired) electrons. The summed E-state index contributed by atoms with van der Waals surface area (Å²) in [6, 6.07) is 5.61. The molecular weight excluding hydrogens is 287 g/mol. The number of carbonyl (C=O) groups excluding carboxylic acids is 1. The van der Waals surface area contributed by atoms with Crippen molar-refractivity contribution in [2.24, 2.45) is 0 Å². The lowest BCUT2D eigenvalue weighted by atomic mass is 10.1. The molecule has 1 saturated heterocycles. The number of hydrogen-bond donors (Lipinski definition) is 1. The van der Waals surface area contributed by atoms with Crippen LogP contribution in [0.4, 0.5) is 4.39 Å². The van der Waals surface area contributed by atoms with E-state index < -0.39 is 5.97 Å². The van der Waals surface area contributed by atoms with Gasteiger partial charge in [0, 0.05) is 38.2 Å². The van der Waals surface area contributed by atoms with Gasteiger partial charge in [0.1, 0.15) is 5.82 Å². The van der Waals surface area contributed by atoms with Crippen LogP contribution in [0.25, 0.3) is 0 Å². The van der Waals surface area contributed by atoms with Crippen molar-refractivity contribution >= 4 is 11.9 Å². The van der Waals surface area contributed by atoms with Crippen molar-refractivity contribution in [1.29, 1.82) is 0 Å². The third kappa shape index (κ3) is 4.80. The summed E-state index contributed by atoms with van der Waals surface area (Å²) in [5.74, 6) is -1.16. The van der Waals surface area contributed by atoms with Gasteiger partial charge in [0.25, 0.3) is 5.91 Å². The first-order valence-corrected chi connectivity index (χ1v) is 7.55. The topological polar surface area (TPSA) is 60.9 Å². The van der Waals surface area contributed by atoms with E-state index in [0.717, 1.165) is 26.1 Å². The van der Waals surface area contributed by atoms with Crippen molar-refractivity contribution in [3.8, 4) is 0 Å². The number of carboxylic acids is 1. The number of carbonyl (C=O) groups is 2. The average Bonchev–Trinajstić information content (AvgIpc) is 2.52. The van der Waals surface area contributed by atoms with Gasteiger partial charge >= 0.3 is 5.97 Å². The summed E-state index contributed by atoms with van der Waals surface area (Å²) >= 11 is 0. The molecule has 1 aromatic rings. The van der Waals surface area contributed by atoms with E-state index in [1.807, 2.05) is 0 Å². The molecule has 1 aromatic carbocycles. The SMILES string of the molecule is O=C(O)CCCCN1CCN(C(=O)c2ccc(F)cc2)CC1. The monoisotopic (exact) mass is 308 g/mol. The molecule has 22 heavy (non-hydrogen) atoms. The van der Waals surface area contributed by atoms with Gasteiger partial charge in [0.2, 0.25) is 0 Å². The van der Waals surface area contributed by atoms with Gasteiger partial charge in [0.05, 0.1) is 0 Å². The average molecular weight is 308 g/mol. The number of unbranched alkanes of at least 4 members (excludes halogenated alkanes) is 1. The number of aliphatic carboxylic acids is 1. The maximum absolute atomic E-state index is 12.9. The minimum atomic E-state index is -0.755. The Morgan fingerprint density at radius 2 is 1.68 bits per heavy atom. The van der Waals surface area contributed by atoms with E-state index in [1.54, 1.807) is 4.90 Å². The second kappa shape index (κ2) is 7.89. The van der Waals surface area contributed by atoms with Crippen LogP contribution < -0.4 is 0 Å². The fraction of sp³-hybridized carbons (Fsp3) is 0.500.